The van der Waals surface area contributed by atoms with Gasteiger partial charge < -0.3 is 8.85 Å². The van der Waals surface area contributed by atoms with Crippen LogP contribution in [0.15, 0.2) is 54.3 Å². The first kappa shape index (κ1) is 21.8. The summed E-state index contributed by atoms with van der Waals surface area (Å²) in [7, 11) is -2.11. The van der Waals surface area contributed by atoms with Gasteiger partial charge in [-0.05, 0) is 73.5 Å². The molecule has 0 amide bonds. The molecule has 2 rings (SSSR count). The van der Waals surface area contributed by atoms with Crippen LogP contribution in [0.25, 0.3) is 0 Å². The number of hydrogen-bond donors (Lipinski definition) is 0. The van der Waals surface area contributed by atoms with Crippen LogP contribution in [-0.4, -0.2) is 21.8 Å². The van der Waals surface area contributed by atoms with E-state index < -0.39 is 8.56 Å². The molecule has 0 bridgehead atoms. The molecule has 0 aliphatic heterocycles. The van der Waals surface area contributed by atoms with Gasteiger partial charge in [-0.15, -0.1) is 0 Å². The third-order valence-corrected chi connectivity index (χ3v) is 7.16. The fraction of sp³-hybridized carbons (Fsp3) is 0.333. The predicted octanol–water partition coefficient (Wildman–Crippen LogP) is 7.26. The summed E-state index contributed by atoms with van der Waals surface area (Å²) in [5.74, 6) is 0. The molecule has 0 heterocycles. The summed E-state index contributed by atoms with van der Waals surface area (Å²) in [6.07, 6.45) is 1.74. The summed E-state index contributed by atoms with van der Waals surface area (Å²) < 4.78 is 16.4. The molecule has 0 saturated heterocycles. The molecule has 0 N–H and O–H groups in total. The SMILES string of the molecule is C[Si](C)(OCCc1cc(Br)cc(Br)c1)OCCc1cc(Br)cc(Br)c1. The van der Waals surface area contributed by atoms with Gasteiger partial charge in [0.2, 0.25) is 0 Å². The van der Waals surface area contributed by atoms with Crippen molar-refractivity contribution in [3.63, 3.8) is 0 Å². The topological polar surface area (TPSA) is 18.5 Å². The van der Waals surface area contributed by atoms with Gasteiger partial charge in [-0.25, -0.2) is 0 Å². The third kappa shape index (κ3) is 8.37. The van der Waals surface area contributed by atoms with E-state index in [2.05, 4.69) is 101 Å². The first-order chi connectivity index (χ1) is 11.7. The monoisotopic (exact) mass is 612 g/mol. The zero-order valence-electron chi connectivity index (χ0n) is 14.1. The van der Waals surface area contributed by atoms with E-state index in [4.69, 9.17) is 8.85 Å². The van der Waals surface area contributed by atoms with Crippen LogP contribution in [-0.2, 0) is 21.7 Å². The maximum Gasteiger partial charge on any atom is 0.331 e. The van der Waals surface area contributed by atoms with Crippen LogP contribution in [0, 0.1) is 0 Å². The van der Waals surface area contributed by atoms with E-state index in [1.807, 2.05) is 12.1 Å². The molecule has 0 aromatic heterocycles. The highest BCUT2D eigenvalue weighted by Gasteiger charge is 2.24. The van der Waals surface area contributed by atoms with Gasteiger partial charge in [-0.2, -0.15) is 0 Å². The summed E-state index contributed by atoms with van der Waals surface area (Å²) in [6, 6.07) is 12.5. The molecule has 0 radical (unpaired) electrons. The summed E-state index contributed by atoms with van der Waals surface area (Å²) >= 11 is 14.1. The standard InChI is InChI=1S/C18H20Br4O2Si/c1-25(2,23-5-3-13-7-15(19)11-16(20)8-13)24-6-4-14-9-17(21)12-18(22)10-14/h7-12H,3-6H2,1-2H3. The average molecular weight is 616 g/mol. The Balaban J connectivity index is 1.77. The molecule has 0 atom stereocenters. The Hall–Kier alpha value is 0.497. The third-order valence-electron chi connectivity index (χ3n) is 3.53. The van der Waals surface area contributed by atoms with Crippen molar-refractivity contribution in [2.24, 2.45) is 0 Å². The summed E-state index contributed by atoms with van der Waals surface area (Å²) in [6.45, 7) is 5.54. The predicted molar refractivity (Wildman–Crippen MR) is 120 cm³/mol. The zero-order valence-corrected chi connectivity index (χ0v) is 21.5. The Bertz CT molecular complexity index is 622. The van der Waals surface area contributed by atoms with E-state index in [1.165, 1.54) is 11.1 Å². The molecular formula is C18H20Br4O2Si. The Morgan fingerprint density at radius 1 is 0.640 bits per heavy atom. The highest BCUT2D eigenvalue weighted by atomic mass is 79.9. The summed E-state index contributed by atoms with van der Waals surface area (Å²) in [5, 5.41) is 0. The van der Waals surface area contributed by atoms with Crippen molar-refractivity contribution in [1.29, 1.82) is 0 Å². The second kappa shape index (κ2) is 10.2. The molecule has 2 aromatic carbocycles. The Kier molecular flexibility index (Phi) is 8.85. The Morgan fingerprint density at radius 3 is 1.28 bits per heavy atom. The molecular weight excluding hydrogens is 596 g/mol. The lowest BCUT2D eigenvalue weighted by Gasteiger charge is -2.23. The van der Waals surface area contributed by atoms with E-state index in [0.717, 1.165) is 30.7 Å². The van der Waals surface area contributed by atoms with Crippen LogP contribution in [0.3, 0.4) is 0 Å². The number of benzene rings is 2. The molecule has 0 fully saturated rings. The van der Waals surface area contributed by atoms with Gasteiger partial charge in [0.25, 0.3) is 0 Å². The minimum absolute atomic E-state index is 0.671. The normalized spacial score (nSPS) is 11.8. The van der Waals surface area contributed by atoms with Crippen LogP contribution >= 0.6 is 63.7 Å². The van der Waals surface area contributed by atoms with Gasteiger partial charge in [0.15, 0.2) is 0 Å². The van der Waals surface area contributed by atoms with Crippen molar-refractivity contribution in [2.75, 3.05) is 13.2 Å². The van der Waals surface area contributed by atoms with Crippen molar-refractivity contribution >= 4 is 72.3 Å². The van der Waals surface area contributed by atoms with Crippen molar-refractivity contribution in [2.45, 2.75) is 25.9 Å². The molecule has 0 aliphatic carbocycles. The largest absolute Gasteiger partial charge is 0.394 e. The molecule has 0 aliphatic rings. The molecule has 2 aromatic rings. The number of hydrogen-bond acceptors (Lipinski definition) is 2. The average Bonchev–Trinajstić information content (AvgIpc) is 2.44. The molecule has 0 unspecified atom stereocenters. The van der Waals surface area contributed by atoms with E-state index in [-0.39, 0.29) is 0 Å². The van der Waals surface area contributed by atoms with Gasteiger partial charge in [0.1, 0.15) is 0 Å². The minimum Gasteiger partial charge on any atom is -0.394 e. The van der Waals surface area contributed by atoms with E-state index >= 15 is 0 Å². The highest BCUT2D eigenvalue weighted by Crippen LogP contribution is 2.22. The maximum atomic E-state index is 6.07. The molecule has 0 spiro atoms. The van der Waals surface area contributed by atoms with Gasteiger partial charge >= 0.3 is 8.56 Å². The lowest BCUT2D eigenvalue weighted by atomic mass is 10.2. The molecule has 2 nitrogen and oxygen atoms in total. The second-order valence-corrected chi connectivity index (χ2v) is 13.2. The van der Waals surface area contributed by atoms with Crippen LogP contribution in [0.1, 0.15) is 11.1 Å². The Morgan fingerprint density at radius 2 is 0.960 bits per heavy atom. The molecule has 136 valence electrons. The number of halogens is 4. The van der Waals surface area contributed by atoms with Crippen LogP contribution < -0.4 is 0 Å². The first-order valence-electron chi connectivity index (χ1n) is 7.91. The van der Waals surface area contributed by atoms with Crippen molar-refractivity contribution in [3.05, 3.63) is 65.4 Å². The molecule has 7 heteroatoms. The number of rotatable bonds is 8. The van der Waals surface area contributed by atoms with Crippen LogP contribution in [0.5, 0.6) is 0 Å². The fourth-order valence-corrected chi connectivity index (χ4v) is 6.43. The second-order valence-electron chi connectivity index (χ2n) is 6.15. The smallest absolute Gasteiger partial charge is 0.331 e. The van der Waals surface area contributed by atoms with Crippen molar-refractivity contribution in [3.8, 4) is 0 Å². The summed E-state index contributed by atoms with van der Waals surface area (Å²) in [4.78, 5) is 0. The lowest BCUT2D eigenvalue weighted by molar-refractivity contribution is 0.182. The van der Waals surface area contributed by atoms with E-state index in [1.54, 1.807) is 0 Å². The lowest BCUT2D eigenvalue weighted by Crippen LogP contribution is -2.36. The van der Waals surface area contributed by atoms with E-state index in [9.17, 15) is 0 Å². The minimum atomic E-state index is -2.11. The molecule has 0 saturated carbocycles. The zero-order chi connectivity index (χ0) is 18.4. The van der Waals surface area contributed by atoms with Crippen LogP contribution in [0.4, 0.5) is 0 Å². The van der Waals surface area contributed by atoms with Crippen LogP contribution in [0.2, 0.25) is 13.1 Å². The Labute approximate surface area is 184 Å². The maximum absolute atomic E-state index is 6.07. The van der Waals surface area contributed by atoms with Crippen molar-refractivity contribution in [1.82, 2.24) is 0 Å². The van der Waals surface area contributed by atoms with Crippen molar-refractivity contribution < 1.29 is 8.85 Å². The van der Waals surface area contributed by atoms with Gasteiger partial charge in [-0.3, -0.25) is 0 Å². The van der Waals surface area contributed by atoms with Gasteiger partial charge in [-0.1, -0.05) is 63.7 Å². The van der Waals surface area contributed by atoms with E-state index in [0.29, 0.717) is 13.2 Å². The fourth-order valence-electron chi connectivity index (χ4n) is 2.38. The highest BCUT2D eigenvalue weighted by molar-refractivity contribution is 9.11. The summed E-state index contributed by atoms with van der Waals surface area (Å²) in [5.41, 5.74) is 2.48. The quantitative estimate of drug-likeness (QED) is 0.291. The molecule has 25 heavy (non-hydrogen) atoms. The first-order valence-corrected chi connectivity index (χ1v) is 13.9. The van der Waals surface area contributed by atoms with Gasteiger partial charge in [0.05, 0.1) is 0 Å². The van der Waals surface area contributed by atoms with Gasteiger partial charge in [0, 0.05) is 31.1 Å².